The van der Waals surface area contributed by atoms with Crippen molar-refractivity contribution < 1.29 is 23.1 Å². The van der Waals surface area contributed by atoms with Crippen LogP contribution in [-0.4, -0.2) is 31.7 Å². The fourth-order valence-corrected chi connectivity index (χ4v) is 2.83. The van der Waals surface area contributed by atoms with Gasteiger partial charge in [0.05, 0.1) is 19.9 Å². The first-order valence-corrected chi connectivity index (χ1v) is 8.75. The highest BCUT2D eigenvalue weighted by molar-refractivity contribution is 5.99. The van der Waals surface area contributed by atoms with Gasteiger partial charge in [0.15, 0.2) is 0 Å². The van der Waals surface area contributed by atoms with Crippen LogP contribution < -0.4 is 14.8 Å². The quantitative estimate of drug-likeness (QED) is 0.671. The fourth-order valence-electron chi connectivity index (χ4n) is 2.83. The molecule has 0 saturated heterocycles. The van der Waals surface area contributed by atoms with Crippen molar-refractivity contribution in [1.29, 1.82) is 0 Å². The minimum atomic E-state index is -0.318. The number of carbonyl (C=O) groups excluding carboxylic acids is 1. The zero-order chi connectivity index (χ0) is 20.1. The lowest BCUT2D eigenvalue weighted by Crippen LogP contribution is -2.26. The third-order valence-electron chi connectivity index (χ3n) is 4.29. The number of methoxy groups -OCH3 is 2. The molecule has 6 nitrogen and oxygen atoms in total. The number of nitrogens with one attached hydrogen (secondary N) is 1. The normalized spacial score (nSPS) is 10.6. The van der Waals surface area contributed by atoms with Crippen LogP contribution in [0, 0.1) is 12.7 Å². The van der Waals surface area contributed by atoms with Crippen LogP contribution in [0.25, 0.3) is 11.5 Å². The number of aromatic nitrogens is 1. The van der Waals surface area contributed by atoms with Crippen molar-refractivity contribution in [3.05, 3.63) is 65.3 Å². The number of nitrogens with zero attached hydrogens (tertiary/aromatic N) is 1. The van der Waals surface area contributed by atoms with Crippen molar-refractivity contribution in [3.63, 3.8) is 0 Å². The van der Waals surface area contributed by atoms with E-state index >= 15 is 0 Å². The number of oxazole rings is 1. The molecule has 1 amide bonds. The molecule has 0 aliphatic carbocycles. The van der Waals surface area contributed by atoms with E-state index in [0.717, 1.165) is 5.69 Å². The van der Waals surface area contributed by atoms with Gasteiger partial charge in [-0.25, -0.2) is 9.37 Å². The lowest BCUT2D eigenvalue weighted by Gasteiger charge is -2.12. The van der Waals surface area contributed by atoms with Crippen molar-refractivity contribution in [2.75, 3.05) is 20.8 Å². The third-order valence-corrected chi connectivity index (χ3v) is 4.29. The summed E-state index contributed by atoms with van der Waals surface area (Å²) in [6, 6.07) is 11.1. The van der Waals surface area contributed by atoms with E-state index in [1.54, 1.807) is 37.3 Å². The third kappa shape index (κ3) is 4.14. The summed E-state index contributed by atoms with van der Waals surface area (Å²) in [5.41, 5.74) is 1.77. The summed E-state index contributed by atoms with van der Waals surface area (Å²) >= 11 is 0. The number of benzene rings is 2. The Morgan fingerprint density at radius 3 is 2.36 bits per heavy atom. The Bertz CT molecular complexity index is 945. The van der Waals surface area contributed by atoms with E-state index in [9.17, 15) is 9.18 Å². The minimum Gasteiger partial charge on any atom is -0.496 e. The first kappa shape index (κ1) is 19.4. The van der Waals surface area contributed by atoms with Gasteiger partial charge >= 0.3 is 0 Å². The molecule has 0 atom stereocenters. The molecule has 0 aliphatic heterocycles. The number of hydrogen-bond acceptors (Lipinski definition) is 5. The number of hydrogen-bond donors (Lipinski definition) is 1. The molecular weight excluding hydrogens is 363 g/mol. The molecule has 2 aromatic carbocycles. The van der Waals surface area contributed by atoms with E-state index in [1.807, 2.05) is 0 Å². The highest BCUT2D eigenvalue weighted by Crippen LogP contribution is 2.28. The van der Waals surface area contributed by atoms with Gasteiger partial charge in [-0.05, 0) is 43.3 Å². The van der Waals surface area contributed by atoms with Gasteiger partial charge in [-0.15, -0.1) is 0 Å². The maximum atomic E-state index is 13.1. The number of amides is 1. The second kappa shape index (κ2) is 8.56. The number of rotatable bonds is 7. The largest absolute Gasteiger partial charge is 0.496 e. The maximum Gasteiger partial charge on any atom is 0.258 e. The smallest absolute Gasteiger partial charge is 0.258 e. The van der Waals surface area contributed by atoms with Crippen molar-refractivity contribution in [1.82, 2.24) is 10.3 Å². The molecule has 0 fully saturated rings. The zero-order valence-electron chi connectivity index (χ0n) is 15.9. The lowest BCUT2D eigenvalue weighted by atomic mass is 10.1. The van der Waals surface area contributed by atoms with E-state index < -0.39 is 0 Å². The average Bonchev–Trinajstić information content (AvgIpc) is 3.08. The van der Waals surface area contributed by atoms with Gasteiger partial charge in [0.25, 0.3) is 5.91 Å². The van der Waals surface area contributed by atoms with E-state index in [-0.39, 0.29) is 11.7 Å². The number of carbonyl (C=O) groups is 1. The SMILES string of the molecule is COc1cccc(OC)c1C(=O)NCCc1nc(-c2ccc(F)cc2)oc1C. The van der Waals surface area contributed by atoms with E-state index in [1.165, 1.54) is 26.4 Å². The summed E-state index contributed by atoms with van der Waals surface area (Å²) in [6.07, 6.45) is 0.486. The molecule has 3 rings (SSSR count). The van der Waals surface area contributed by atoms with Crippen LogP contribution in [0.1, 0.15) is 21.8 Å². The van der Waals surface area contributed by atoms with Gasteiger partial charge in [-0.3, -0.25) is 4.79 Å². The van der Waals surface area contributed by atoms with Crippen LogP contribution in [0.5, 0.6) is 11.5 Å². The molecule has 3 aromatic rings. The molecule has 1 aromatic heterocycles. The summed E-state index contributed by atoms with van der Waals surface area (Å²) in [5, 5.41) is 2.85. The van der Waals surface area contributed by atoms with Crippen LogP contribution in [-0.2, 0) is 6.42 Å². The Balaban J connectivity index is 1.67. The van der Waals surface area contributed by atoms with E-state index in [2.05, 4.69) is 10.3 Å². The maximum absolute atomic E-state index is 13.1. The first-order valence-electron chi connectivity index (χ1n) is 8.75. The molecule has 28 heavy (non-hydrogen) atoms. The molecular formula is C21H21FN2O4. The molecule has 0 saturated carbocycles. The zero-order valence-corrected chi connectivity index (χ0v) is 15.9. The molecule has 1 N–H and O–H groups in total. The fraction of sp³-hybridized carbons (Fsp3) is 0.238. The number of aryl methyl sites for hydroxylation is 1. The summed E-state index contributed by atoms with van der Waals surface area (Å²) in [7, 11) is 3.00. The van der Waals surface area contributed by atoms with E-state index in [0.29, 0.717) is 47.2 Å². The second-order valence-corrected chi connectivity index (χ2v) is 6.07. The van der Waals surface area contributed by atoms with Gasteiger partial charge in [0.2, 0.25) is 5.89 Å². The molecule has 0 spiro atoms. The van der Waals surface area contributed by atoms with Crippen LogP contribution >= 0.6 is 0 Å². The lowest BCUT2D eigenvalue weighted by molar-refractivity contribution is 0.0947. The second-order valence-electron chi connectivity index (χ2n) is 6.07. The molecule has 0 bridgehead atoms. The van der Waals surface area contributed by atoms with Gasteiger partial charge < -0.3 is 19.2 Å². The van der Waals surface area contributed by atoms with Crippen molar-refractivity contribution in [2.24, 2.45) is 0 Å². The molecule has 0 radical (unpaired) electrons. The summed E-state index contributed by atoms with van der Waals surface area (Å²) < 4.78 is 29.3. The van der Waals surface area contributed by atoms with Crippen LogP contribution in [0.15, 0.2) is 46.9 Å². The van der Waals surface area contributed by atoms with Gasteiger partial charge in [-0.2, -0.15) is 0 Å². The topological polar surface area (TPSA) is 73.6 Å². The van der Waals surface area contributed by atoms with Gasteiger partial charge in [0, 0.05) is 18.5 Å². The highest BCUT2D eigenvalue weighted by Gasteiger charge is 2.18. The Morgan fingerprint density at radius 2 is 1.75 bits per heavy atom. The average molecular weight is 384 g/mol. The molecule has 1 heterocycles. The summed E-state index contributed by atoms with van der Waals surface area (Å²) in [5.74, 6) is 1.34. The standard InChI is InChI=1S/C21H21FN2O4/c1-13-16(24-21(28-13)14-7-9-15(22)10-8-14)11-12-23-20(25)19-17(26-2)5-4-6-18(19)27-3/h4-10H,11-12H2,1-3H3,(H,23,25). The van der Waals surface area contributed by atoms with Crippen LogP contribution in [0.3, 0.4) is 0 Å². The van der Waals surface area contributed by atoms with Crippen LogP contribution in [0.2, 0.25) is 0 Å². The molecule has 0 aliphatic rings. The van der Waals surface area contributed by atoms with Crippen molar-refractivity contribution in [2.45, 2.75) is 13.3 Å². The number of halogens is 1. The Morgan fingerprint density at radius 1 is 1.11 bits per heavy atom. The predicted octanol–water partition coefficient (Wildman–Crippen LogP) is 3.78. The van der Waals surface area contributed by atoms with Crippen LogP contribution in [0.4, 0.5) is 4.39 Å². The number of ether oxygens (including phenoxy) is 2. The monoisotopic (exact) mass is 384 g/mol. The predicted molar refractivity (Wildman–Crippen MR) is 102 cm³/mol. The molecule has 146 valence electrons. The highest BCUT2D eigenvalue weighted by atomic mass is 19.1. The van der Waals surface area contributed by atoms with Crippen molar-refractivity contribution >= 4 is 5.91 Å². The van der Waals surface area contributed by atoms with E-state index in [4.69, 9.17) is 13.9 Å². The summed E-state index contributed by atoms with van der Waals surface area (Å²) in [4.78, 5) is 17.0. The summed E-state index contributed by atoms with van der Waals surface area (Å²) in [6.45, 7) is 2.16. The Kier molecular flexibility index (Phi) is 5.93. The first-order chi connectivity index (χ1) is 13.5. The minimum absolute atomic E-state index is 0.297. The molecule has 0 unspecified atom stereocenters. The van der Waals surface area contributed by atoms with Crippen molar-refractivity contribution in [3.8, 4) is 23.0 Å². The Labute approximate surface area is 162 Å². The Hall–Kier alpha value is -3.35. The van der Waals surface area contributed by atoms with Gasteiger partial charge in [0.1, 0.15) is 28.6 Å². The van der Waals surface area contributed by atoms with Gasteiger partial charge in [-0.1, -0.05) is 6.07 Å². The molecule has 7 heteroatoms.